The predicted octanol–water partition coefficient (Wildman–Crippen LogP) is 2.89. The number of pyridine rings is 1. The fourth-order valence-electron chi connectivity index (χ4n) is 2.05. The average molecular weight is 234 g/mol. The number of hydrogen-bond acceptors (Lipinski definition) is 4. The Bertz CT molecular complexity index is 477. The molecule has 1 aliphatic rings. The molecule has 1 aliphatic heterocycles. The highest BCUT2D eigenvalue weighted by molar-refractivity contribution is 7.17. The molecule has 3 heterocycles. The van der Waals surface area contributed by atoms with Crippen molar-refractivity contribution in [1.82, 2.24) is 4.98 Å². The van der Waals surface area contributed by atoms with Crippen LogP contribution in [0, 0.1) is 0 Å². The largest absolute Gasteiger partial charge is 0.376 e. The van der Waals surface area contributed by atoms with Gasteiger partial charge >= 0.3 is 0 Å². The Kier molecular flexibility index (Phi) is 2.76. The van der Waals surface area contributed by atoms with Gasteiger partial charge in [-0.15, -0.1) is 11.3 Å². The van der Waals surface area contributed by atoms with E-state index in [2.05, 4.69) is 27.8 Å². The minimum Gasteiger partial charge on any atom is -0.376 e. The molecule has 1 saturated heterocycles. The molecule has 0 radical (unpaired) electrons. The average Bonchev–Trinajstić information content (AvgIpc) is 2.97. The number of fused-ring (bicyclic) bond motifs is 1. The number of rotatable bonds is 3. The molecule has 4 heteroatoms. The zero-order valence-electron chi connectivity index (χ0n) is 8.98. The van der Waals surface area contributed by atoms with Gasteiger partial charge in [-0.05, 0) is 30.4 Å². The summed E-state index contributed by atoms with van der Waals surface area (Å²) in [4.78, 5) is 4.38. The van der Waals surface area contributed by atoms with Gasteiger partial charge in [0.1, 0.15) is 5.82 Å². The highest BCUT2D eigenvalue weighted by atomic mass is 32.1. The standard InChI is InChI=1S/C12H14N2OS/c1-2-9(15-6-1)8-14-12-10-4-7-16-11(10)3-5-13-12/h3-5,7,9H,1-2,6,8H2,(H,13,14). The van der Waals surface area contributed by atoms with Crippen LogP contribution in [0.5, 0.6) is 0 Å². The Morgan fingerprint density at radius 1 is 1.50 bits per heavy atom. The van der Waals surface area contributed by atoms with E-state index in [0.717, 1.165) is 25.4 Å². The van der Waals surface area contributed by atoms with Crippen LogP contribution < -0.4 is 5.32 Å². The normalized spacial score (nSPS) is 20.4. The van der Waals surface area contributed by atoms with Gasteiger partial charge in [0, 0.05) is 29.4 Å². The smallest absolute Gasteiger partial charge is 0.134 e. The Balaban J connectivity index is 1.75. The van der Waals surface area contributed by atoms with Crippen LogP contribution in [0.15, 0.2) is 23.7 Å². The molecular weight excluding hydrogens is 220 g/mol. The van der Waals surface area contributed by atoms with Crippen LogP contribution in [0.1, 0.15) is 12.8 Å². The summed E-state index contributed by atoms with van der Waals surface area (Å²) in [5.41, 5.74) is 0. The molecule has 84 valence electrons. The third-order valence-electron chi connectivity index (χ3n) is 2.90. The molecule has 2 aromatic heterocycles. The molecule has 0 aromatic carbocycles. The van der Waals surface area contributed by atoms with Gasteiger partial charge in [-0.2, -0.15) is 0 Å². The van der Waals surface area contributed by atoms with Crippen LogP contribution in [0.4, 0.5) is 5.82 Å². The lowest BCUT2D eigenvalue weighted by Gasteiger charge is -2.11. The molecule has 0 spiro atoms. The van der Waals surface area contributed by atoms with Gasteiger partial charge in [-0.1, -0.05) is 0 Å². The Morgan fingerprint density at radius 2 is 2.50 bits per heavy atom. The first kappa shape index (κ1) is 10.1. The van der Waals surface area contributed by atoms with E-state index in [4.69, 9.17) is 4.74 Å². The predicted molar refractivity (Wildman–Crippen MR) is 67.1 cm³/mol. The molecule has 3 rings (SSSR count). The molecule has 0 amide bonds. The van der Waals surface area contributed by atoms with E-state index in [1.54, 1.807) is 11.3 Å². The van der Waals surface area contributed by atoms with E-state index in [1.807, 2.05) is 6.20 Å². The Labute approximate surface area is 98.5 Å². The maximum absolute atomic E-state index is 5.58. The van der Waals surface area contributed by atoms with E-state index in [9.17, 15) is 0 Å². The molecule has 1 N–H and O–H groups in total. The fourth-order valence-corrected chi connectivity index (χ4v) is 2.83. The Morgan fingerprint density at radius 3 is 3.38 bits per heavy atom. The lowest BCUT2D eigenvalue weighted by atomic mass is 10.2. The quantitative estimate of drug-likeness (QED) is 0.886. The van der Waals surface area contributed by atoms with E-state index in [0.29, 0.717) is 6.10 Å². The van der Waals surface area contributed by atoms with Crippen molar-refractivity contribution in [1.29, 1.82) is 0 Å². The molecule has 0 saturated carbocycles. The minimum absolute atomic E-state index is 0.357. The van der Waals surface area contributed by atoms with Crippen molar-refractivity contribution in [3.05, 3.63) is 23.7 Å². The van der Waals surface area contributed by atoms with Gasteiger partial charge in [0.25, 0.3) is 0 Å². The SMILES string of the molecule is c1cc2sccc2c(NCC2CCCO2)n1. The maximum Gasteiger partial charge on any atom is 0.134 e. The number of hydrogen-bond donors (Lipinski definition) is 1. The van der Waals surface area contributed by atoms with Gasteiger partial charge < -0.3 is 10.1 Å². The zero-order chi connectivity index (χ0) is 10.8. The topological polar surface area (TPSA) is 34.1 Å². The third-order valence-corrected chi connectivity index (χ3v) is 3.78. The Hall–Kier alpha value is -1.13. The van der Waals surface area contributed by atoms with Crippen LogP contribution >= 0.6 is 11.3 Å². The second kappa shape index (κ2) is 4.39. The molecule has 1 fully saturated rings. The lowest BCUT2D eigenvalue weighted by molar-refractivity contribution is 0.120. The molecule has 0 aliphatic carbocycles. The summed E-state index contributed by atoms with van der Waals surface area (Å²) in [6, 6.07) is 4.17. The number of nitrogens with zero attached hydrogens (tertiary/aromatic N) is 1. The van der Waals surface area contributed by atoms with Crippen LogP contribution in [0.2, 0.25) is 0 Å². The van der Waals surface area contributed by atoms with Crippen molar-refractivity contribution in [2.75, 3.05) is 18.5 Å². The van der Waals surface area contributed by atoms with Crippen LogP contribution in [0.3, 0.4) is 0 Å². The van der Waals surface area contributed by atoms with E-state index >= 15 is 0 Å². The number of ether oxygens (including phenoxy) is 1. The second-order valence-corrected chi connectivity index (χ2v) is 4.96. The van der Waals surface area contributed by atoms with Crippen LogP contribution in [-0.2, 0) is 4.74 Å². The van der Waals surface area contributed by atoms with Gasteiger partial charge in [-0.25, -0.2) is 4.98 Å². The summed E-state index contributed by atoms with van der Waals surface area (Å²) < 4.78 is 6.86. The third kappa shape index (κ3) is 1.90. The monoisotopic (exact) mass is 234 g/mol. The van der Waals surface area contributed by atoms with Crippen molar-refractivity contribution in [3.8, 4) is 0 Å². The summed E-state index contributed by atoms with van der Waals surface area (Å²) in [7, 11) is 0. The van der Waals surface area contributed by atoms with Gasteiger partial charge in [0.05, 0.1) is 6.10 Å². The highest BCUT2D eigenvalue weighted by Crippen LogP contribution is 2.26. The van der Waals surface area contributed by atoms with Crippen molar-refractivity contribution in [3.63, 3.8) is 0 Å². The lowest BCUT2D eigenvalue weighted by Crippen LogP contribution is -2.18. The first-order valence-electron chi connectivity index (χ1n) is 5.61. The highest BCUT2D eigenvalue weighted by Gasteiger charge is 2.15. The van der Waals surface area contributed by atoms with Crippen molar-refractivity contribution < 1.29 is 4.74 Å². The van der Waals surface area contributed by atoms with Crippen molar-refractivity contribution in [2.45, 2.75) is 18.9 Å². The number of aromatic nitrogens is 1. The van der Waals surface area contributed by atoms with E-state index in [-0.39, 0.29) is 0 Å². The fraction of sp³-hybridized carbons (Fsp3) is 0.417. The summed E-state index contributed by atoms with van der Waals surface area (Å²) in [5.74, 6) is 0.981. The summed E-state index contributed by atoms with van der Waals surface area (Å²) >= 11 is 1.75. The van der Waals surface area contributed by atoms with Crippen LogP contribution in [-0.4, -0.2) is 24.2 Å². The molecule has 1 unspecified atom stereocenters. The van der Waals surface area contributed by atoms with Gasteiger partial charge in [-0.3, -0.25) is 0 Å². The first-order chi connectivity index (χ1) is 7.93. The molecule has 3 nitrogen and oxygen atoms in total. The second-order valence-electron chi connectivity index (χ2n) is 4.01. The number of thiophene rings is 1. The van der Waals surface area contributed by atoms with Crippen molar-refractivity contribution in [2.24, 2.45) is 0 Å². The molecule has 0 bridgehead atoms. The minimum atomic E-state index is 0.357. The molecule has 2 aromatic rings. The molecule has 1 atom stereocenters. The first-order valence-corrected chi connectivity index (χ1v) is 6.49. The zero-order valence-corrected chi connectivity index (χ0v) is 9.80. The summed E-state index contributed by atoms with van der Waals surface area (Å²) in [6.07, 6.45) is 4.56. The summed E-state index contributed by atoms with van der Waals surface area (Å²) in [6.45, 7) is 1.77. The summed E-state index contributed by atoms with van der Waals surface area (Å²) in [5, 5.41) is 6.70. The van der Waals surface area contributed by atoms with Crippen molar-refractivity contribution >= 4 is 27.2 Å². The number of anilines is 1. The van der Waals surface area contributed by atoms with E-state index in [1.165, 1.54) is 16.5 Å². The van der Waals surface area contributed by atoms with Gasteiger partial charge in [0.15, 0.2) is 0 Å². The van der Waals surface area contributed by atoms with E-state index < -0.39 is 0 Å². The maximum atomic E-state index is 5.58. The number of nitrogens with one attached hydrogen (secondary N) is 1. The molecule has 16 heavy (non-hydrogen) atoms. The van der Waals surface area contributed by atoms with Crippen LogP contribution in [0.25, 0.3) is 10.1 Å². The molecular formula is C12H14N2OS. The van der Waals surface area contributed by atoms with Gasteiger partial charge in [0.2, 0.25) is 0 Å².